The SMILES string of the molecule is CCC(=O)N1CCN(c2cc(-n3cccc3)ncn2)CC1. The zero-order valence-electron chi connectivity index (χ0n) is 12.1. The summed E-state index contributed by atoms with van der Waals surface area (Å²) in [4.78, 5) is 24.5. The average molecular weight is 285 g/mol. The molecule has 21 heavy (non-hydrogen) atoms. The molecular weight excluding hydrogens is 266 g/mol. The molecule has 0 bridgehead atoms. The lowest BCUT2D eigenvalue weighted by Gasteiger charge is -2.35. The predicted octanol–water partition coefficient (Wildman–Crippen LogP) is 1.33. The molecule has 2 aromatic rings. The van der Waals surface area contributed by atoms with Gasteiger partial charge in [-0.05, 0) is 12.1 Å². The van der Waals surface area contributed by atoms with Gasteiger partial charge in [-0.2, -0.15) is 0 Å². The van der Waals surface area contributed by atoms with Crippen molar-refractivity contribution in [2.75, 3.05) is 31.1 Å². The third-order valence-electron chi connectivity index (χ3n) is 3.77. The van der Waals surface area contributed by atoms with Crippen LogP contribution in [-0.2, 0) is 4.79 Å². The Morgan fingerprint density at radius 2 is 1.76 bits per heavy atom. The number of piperazine rings is 1. The first-order valence-electron chi connectivity index (χ1n) is 7.26. The number of amides is 1. The highest BCUT2D eigenvalue weighted by molar-refractivity contribution is 5.76. The van der Waals surface area contributed by atoms with E-state index in [4.69, 9.17) is 0 Å². The lowest BCUT2D eigenvalue weighted by Crippen LogP contribution is -2.48. The van der Waals surface area contributed by atoms with Crippen molar-refractivity contribution < 1.29 is 4.79 Å². The summed E-state index contributed by atoms with van der Waals surface area (Å²) in [6, 6.07) is 5.92. The van der Waals surface area contributed by atoms with Gasteiger partial charge >= 0.3 is 0 Å². The van der Waals surface area contributed by atoms with Crippen LogP contribution in [0, 0.1) is 0 Å². The molecule has 6 heteroatoms. The zero-order valence-corrected chi connectivity index (χ0v) is 12.1. The molecule has 0 spiro atoms. The van der Waals surface area contributed by atoms with E-state index in [2.05, 4.69) is 14.9 Å². The highest BCUT2D eigenvalue weighted by Gasteiger charge is 2.21. The fourth-order valence-electron chi connectivity index (χ4n) is 2.55. The van der Waals surface area contributed by atoms with Gasteiger partial charge in [0.1, 0.15) is 18.0 Å². The van der Waals surface area contributed by atoms with Gasteiger partial charge in [-0.15, -0.1) is 0 Å². The summed E-state index contributed by atoms with van der Waals surface area (Å²) in [5, 5.41) is 0. The molecule has 1 aliphatic rings. The molecule has 0 unspecified atom stereocenters. The van der Waals surface area contributed by atoms with Gasteiger partial charge in [0.2, 0.25) is 5.91 Å². The van der Waals surface area contributed by atoms with Gasteiger partial charge < -0.3 is 14.4 Å². The molecule has 110 valence electrons. The third kappa shape index (κ3) is 2.89. The normalized spacial score (nSPS) is 15.3. The minimum absolute atomic E-state index is 0.227. The molecule has 1 aliphatic heterocycles. The number of hydrogen-bond acceptors (Lipinski definition) is 4. The van der Waals surface area contributed by atoms with Crippen molar-refractivity contribution in [3.8, 4) is 5.82 Å². The van der Waals surface area contributed by atoms with Gasteiger partial charge in [-0.25, -0.2) is 9.97 Å². The number of rotatable bonds is 3. The summed E-state index contributed by atoms with van der Waals surface area (Å²) in [5.74, 6) is 2.00. The highest BCUT2D eigenvalue weighted by atomic mass is 16.2. The van der Waals surface area contributed by atoms with E-state index in [0.717, 1.165) is 37.8 Å². The summed E-state index contributed by atoms with van der Waals surface area (Å²) >= 11 is 0. The largest absolute Gasteiger partial charge is 0.353 e. The van der Waals surface area contributed by atoms with Gasteiger partial charge in [-0.1, -0.05) is 6.92 Å². The Morgan fingerprint density at radius 1 is 1.10 bits per heavy atom. The molecule has 0 radical (unpaired) electrons. The second-order valence-corrected chi connectivity index (χ2v) is 5.05. The molecule has 6 nitrogen and oxygen atoms in total. The Labute approximate surface area is 124 Å². The minimum atomic E-state index is 0.227. The summed E-state index contributed by atoms with van der Waals surface area (Å²) in [6.45, 7) is 5.05. The van der Waals surface area contributed by atoms with Crippen LogP contribution in [0.1, 0.15) is 13.3 Å². The molecule has 2 aromatic heterocycles. The lowest BCUT2D eigenvalue weighted by molar-refractivity contribution is -0.131. The number of hydrogen-bond donors (Lipinski definition) is 0. The Morgan fingerprint density at radius 3 is 2.43 bits per heavy atom. The van der Waals surface area contributed by atoms with Crippen LogP contribution < -0.4 is 4.90 Å². The van der Waals surface area contributed by atoms with Crippen molar-refractivity contribution in [2.45, 2.75) is 13.3 Å². The van der Waals surface area contributed by atoms with Crippen molar-refractivity contribution >= 4 is 11.7 Å². The quantitative estimate of drug-likeness (QED) is 0.853. The van der Waals surface area contributed by atoms with Gasteiger partial charge in [0, 0.05) is 51.1 Å². The van der Waals surface area contributed by atoms with Crippen molar-refractivity contribution in [3.63, 3.8) is 0 Å². The molecule has 0 N–H and O–H groups in total. The summed E-state index contributed by atoms with van der Waals surface area (Å²) < 4.78 is 1.96. The van der Waals surface area contributed by atoms with Gasteiger partial charge in [0.05, 0.1) is 0 Å². The Balaban J connectivity index is 1.71. The van der Waals surface area contributed by atoms with Crippen molar-refractivity contribution in [2.24, 2.45) is 0 Å². The van der Waals surface area contributed by atoms with E-state index in [0.29, 0.717) is 6.42 Å². The van der Waals surface area contributed by atoms with Gasteiger partial charge in [0.25, 0.3) is 0 Å². The van der Waals surface area contributed by atoms with Crippen molar-refractivity contribution in [1.29, 1.82) is 0 Å². The van der Waals surface area contributed by atoms with Crippen LogP contribution in [0.15, 0.2) is 36.9 Å². The van der Waals surface area contributed by atoms with Crippen molar-refractivity contribution in [1.82, 2.24) is 19.4 Å². The van der Waals surface area contributed by atoms with Crippen LogP contribution in [0.2, 0.25) is 0 Å². The maximum Gasteiger partial charge on any atom is 0.222 e. The van der Waals surface area contributed by atoms with Crippen LogP contribution in [-0.4, -0.2) is 51.5 Å². The van der Waals surface area contributed by atoms with Crippen LogP contribution in [0.4, 0.5) is 5.82 Å². The van der Waals surface area contributed by atoms with E-state index in [1.54, 1.807) is 6.33 Å². The molecule has 0 saturated carbocycles. The van der Waals surface area contributed by atoms with Crippen LogP contribution >= 0.6 is 0 Å². The van der Waals surface area contributed by atoms with E-state index in [-0.39, 0.29) is 5.91 Å². The Kier molecular flexibility index (Phi) is 3.85. The van der Waals surface area contributed by atoms with Crippen LogP contribution in [0.3, 0.4) is 0 Å². The molecule has 0 aliphatic carbocycles. The van der Waals surface area contributed by atoms with Crippen molar-refractivity contribution in [3.05, 3.63) is 36.9 Å². The van der Waals surface area contributed by atoms with Gasteiger partial charge in [-0.3, -0.25) is 4.79 Å². The third-order valence-corrected chi connectivity index (χ3v) is 3.77. The summed E-state index contributed by atoms with van der Waals surface area (Å²) in [6.07, 6.45) is 6.09. The standard InChI is InChI=1S/C15H19N5O/c1-2-15(21)20-9-7-19(8-10-20)14-11-13(16-12-17-14)18-5-3-4-6-18/h3-6,11-12H,2,7-10H2,1H3. The number of carbonyl (C=O) groups is 1. The molecule has 1 fully saturated rings. The maximum absolute atomic E-state index is 11.7. The summed E-state index contributed by atoms with van der Waals surface area (Å²) in [7, 11) is 0. The molecule has 3 rings (SSSR count). The van der Waals surface area contributed by atoms with E-state index < -0.39 is 0 Å². The average Bonchev–Trinajstić information content (AvgIpc) is 3.09. The first-order chi connectivity index (χ1) is 10.3. The molecule has 0 atom stereocenters. The number of nitrogens with zero attached hydrogens (tertiary/aromatic N) is 5. The molecular formula is C15H19N5O. The van der Waals surface area contributed by atoms with E-state index in [1.165, 1.54) is 0 Å². The number of aromatic nitrogens is 3. The predicted molar refractivity (Wildman–Crippen MR) is 80.4 cm³/mol. The first kappa shape index (κ1) is 13.6. The van der Waals surface area contributed by atoms with E-state index in [9.17, 15) is 4.79 Å². The molecule has 1 saturated heterocycles. The fraction of sp³-hybridized carbons (Fsp3) is 0.400. The second kappa shape index (κ2) is 5.95. The number of anilines is 1. The zero-order chi connectivity index (χ0) is 14.7. The highest BCUT2D eigenvalue weighted by Crippen LogP contribution is 2.16. The van der Waals surface area contributed by atoms with E-state index >= 15 is 0 Å². The monoisotopic (exact) mass is 285 g/mol. The smallest absolute Gasteiger partial charge is 0.222 e. The molecule has 0 aromatic carbocycles. The summed E-state index contributed by atoms with van der Waals surface area (Å²) in [5.41, 5.74) is 0. The van der Waals surface area contributed by atoms with E-state index in [1.807, 2.05) is 47.0 Å². The fourth-order valence-corrected chi connectivity index (χ4v) is 2.55. The van der Waals surface area contributed by atoms with Crippen LogP contribution in [0.5, 0.6) is 0 Å². The van der Waals surface area contributed by atoms with Gasteiger partial charge in [0.15, 0.2) is 0 Å². The Bertz CT molecular complexity index is 602. The topological polar surface area (TPSA) is 54.3 Å². The minimum Gasteiger partial charge on any atom is -0.353 e. The molecule has 3 heterocycles. The number of carbonyl (C=O) groups excluding carboxylic acids is 1. The Hall–Kier alpha value is -2.37. The lowest BCUT2D eigenvalue weighted by atomic mass is 10.3. The maximum atomic E-state index is 11.7. The van der Waals surface area contributed by atoms with Crippen LogP contribution in [0.25, 0.3) is 5.82 Å². The molecule has 1 amide bonds. The first-order valence-corrected chi connectivity index (χ1v) is 7.26. The second-order valence-electron chi connectivity index (χ2n) is 5.05.